The van der Waals surface area contributed by atoms with Gasteiger partial charge in [0.2, 0.25) is 5.91 Å². The van der Waals surface area contributed by atoms with Crippen LogP contribution in [0.3, 0.4) is 0 Å². The van der Waals surface area contributed by atoms with E-state index in [2.05, 4.69) is 10.3 Å². The molecular formula is C41H49N7O10. The molecular weight excluding hydrogens is 750 g/mol. The molecule has 3 atom stereocenters. The smallest absolute Gasteiger partial charge is 0.363 e. The first-order chi connectivity index (χ1) is 26.9. The number of urea groups is 1. The zero-order chi connectivity index (χ0) is 43.4. The Morgan fingerprint density at radius 3 is 1.97 bits per heavy atom. The van der Waals surface area contributed by atoms with Crippen molar-refractivity contribution in [2.75, 3.05) is 4.90 Å². The van der Waals surface area contributed by atoms with Crippen LogP contribution in [0.15, 0.2) is 83.9 Å². The number of Topliss-reactive ketones (excluding diaryl/α,β-unsaturated/α-hetero) is 1. The number of para-hydroxylation sites is 1. The highest BCUT2D eigenvalue weighted by Gasteiger charge is 2.68. The number of hydrogen-bond acceptors (Lipinski definition) is 12. The molecule has 3 aromatic rings. The number of guanidine groups is 1. The number of rotatable bonds is 13. The molecule has 0 radical (unpaired) electrons. The Labute approximate surface area is 335 Å². The molecule has 0 spiro atoms. The molecule has 0 aromatic heterocycles. The summed E-state index contributed by atoms with van der Waals surface area (Å²) in [6.07, 6.45) is -0.721. The highest BCUT2D eigenvalue weighted by Crippen LogP contribution is 2.42. The van der Waals surface area contributed by atoms with Crippen molar-refractivity contribution in [1.29, 1.82) is 0 Å². The molecule has 0 bridgehead atoms. The largest absolute Gasteiger partial charge is 0.460 e. The van der Waals surface area contributed by atoms with Gasteiger partial charge in [-0.1, -0.05) is 54.6 Å². The van der Waals surface area contributed by atoms with Crippen LogP contribution < -0.4 is 27.4 Å². The summed E-state index contributed by atoms with van der Waals surface area (Å²) in [5.41, 5.74) is 10.4. The summed E-state index contributed by atoms with van der Waals surface area (Å²) in [5.74, 6) is -7.29. The number of nitrogens with one attached hydrogen (secondary N) is 1. The molecule has 1 fully saturated rings. The van der Waals surface area contributed by atoms with Gasteiger partial charge in [0, 0.05) is 11.3 Å². The van der Waals surface area contributed by atoms with Crippen LogP contribution >= 0.6 is 0 Å². The van der Waals surface area contributed by atoms with Crippen molar-refractivity contribution < 1.29 is 47.8 Å². The van der Waals surface area contributed by atoms with E-state index in [0.717, 1.165) is 12.5 Å². The van der Waals surface area contributed by atoms with Crippen LogP contribution in [0.4, 0.5) is 16.2 Å². The first kappa shape index (κ1) is 44.1. The summed E-state index contributed by atoms with van der Waals surface area (Å²) in [4.78, 5) is 104. The van der Waals surface area contributed by atoms with Crippen molar-refractivity contribution in [1.82, 2.24) is 10.2 Å². The number of aliphatic imine (C=N–C) groups is 1. The molecule has 4 amide bonds. The summed E-state index contributed by atoms with van der Waals surface area (Å²) < 4.78 is 16.6. The number of imide groups is 1. The maximum Gasteiger partial charge on any atom is 0.363 e. The number of amides is 4. The highest BCUT2D eigenvalue weighted by molar-refractivity contribution is 6.24. The molecule has 3 aromatic carbocycles. The van der Waals surface area contributed by atoms with E-state index in [0.29, 0.717) is 4.90 Å². The summed E-state index contributed by atoms with van der Waals surface area (Å²) in [5, 5.41) is 2.53. The molecule has 7 N–H and O–H groups in total. The normalized spacial score (nSPS) is 16.9. The van der Waals surface area contributed by atoms with Gasteiger partial charge in [-0.25, -0.2) is 24.3 Å². The Hall–Kier alpha value is -6.62. The minimum Gasteiger partial charge on any atom is -0.460 e. The van der Waals surface area contributed by atoms with Gasteiger partial charge in [0.25, 0.3) is 11.6 Å². The second-order valence-corrected chi connectivity index (χ2v) is 15.7. The molecule has 1 heterocycles. The minimum atomic E-state index is -3.21. The van der Waals surface area contributed by atoms with Crippen LogP contribution in [0, 0.1) is 0 Å². The standard InChI is InChI=1S/C41H49N7O10/c1-24(49)41(35(54)58-39(5,6)7,47(27-17-13-10-14-18-27)32(51)29(42)22-31(50)57-38(2,3)4)48-34(53)40(8,46-37(48)55)28-20-19-26(21-30(28)45-36(43)44)33(52)56-23-25-15-11-9-12-16-25/h9-21,29H,22-23,42H2,1-8H3,(H,46,55)(H4,43,44,45)/t29-,40+,41-/m0/s1. The van der Waals surface area contributed by atoms with Crippen molar-refractivity contribution >= 4 is 58.9 Å². The van der Waals surface area contributed by atoms with Crippen molar-refractivity contribution in [2.24, 2.45) is 22.2 Å². The Morgan fingerprint density at radius 1 is 0.862 bits per heavy atom. The SMILES string of the molecule is CC(=O)[C@@](C(=O)OC(C)(C)C)(N1C(=O)N[C@](C)(c2ccc(C(=O)OCc3ccccc3)cc2N=C(N)N)C1=O)N(C(=O)[C@@H](N)CC(=O)OC(C)(C)C)c1ccccc1. The predicted octanol–water partition coefficient (Wildman–Crippen LogP) is 3.43. The molecule has 17 nitrogen and oxygen atoms in total. The number of hydrogen-bond donors (Lipinski definition) is 4. The van der Waals surface area contributed by atoms with Crippen molar-refractivity contribution in [3.63, 3.8) is 0 Å². The van der Waals surface area contributed by atoms with Gasteiger partial charge in [0.1, 0.15) is 23.3 Å². The average Bonchev–Trinajstić information content (AvgIpc) is 3.35. The summed E-state index contributed by atoms with van der Waals surface area (Å²) in [6, 6.07) is 16.8. The Morgan fingerprint density at radius 2 is 1.43 bits per heavy atom. The quantitative estimate of drug-likeness (QED) is 0.0483. The molecule has 1 aliphatic rings. The predicted molar refractivity (Wildman–Crippen MR) is 212 cm³/mol. The Kier molecular flexibility index (Phi) is 12.8. The average molecular weight is 800 g/mol. The molecule has 0 unspecified atom stereocenters. The number of ether oxygens (including phenoxy) is 3. The van der Waals surface area contributed by atoms with E-state index < -0.39 is 82.4 Å². The maximum atomic E-state index is 15.1. The maximum absolute atomic E-state index is 15.1. The number of esters is 3. The lowest BCUT2D eigenvalue weighted by Crippen LogP contribution is -2.75. The fourth-order valence-corrected chi connectivity index (χ4v) is 6.19. The van der Waals surface area contributed by atoms with Crippen LogP contribution in [-0.2, 0) is 50.3 Å². The fourth-order valence-electron chi connectivity index (χ4n) is 6.19. The molecule has 1 saturated heterocycles. The van der Waals surface area contributed by atoms with Gasteiger partial charge < -0.3 is 36.7 Å². The number of benzene rings is 3. The number of nitrogens with zero attached hydrogens (tertiary/aromatic N) is 3. The molecule has 17 heteroatoms. The third-order valence-corrected chi connectivity index (χ3v) is 8.61. The lowest BCUT2D eigenvalue weighted by molar-refractivity contribution is -0.174. The second-order valence-electron chi connectivity index (χ2n) is 15.7. The number of ketones is 1. The van der Waals surface area contributed by atoms with Gasteiger partial charge in [-0.05, 0) is 85.2 Å². The van der Waals surface area contributed by atoms with E-state index in [4.69, 9.17) is 31.4 Å². The molecule has 58 heavy (non-hydrogen) atoms. The van der Waals surface area contributed by atoms with Crippen LogP contribution in [0.25, 0.3) is 0 Å². The van der Waals surface area contributed by atoms with Crippen LogP contribution in [0.5, 0.6) is 0 Å². The summed E-state index contributed by atoms with van der Waals surface area (Å²) >= 11 is 0. The topological polar surface area (TPSA) is 256 Å². The number of carbonyl (C=O) groups excluding carboxylic acids is 7. The molecule has 4 rings (SSSR count). The van der Waals surface area contributed by atoms with Crippen molar-refractivity contribution in [3.05, 3.63) is 95.6 Å². The summed E-state index contributed by atoms with van der Waals surface area (Å²) in [6.45, 7) is 11.3. The van der Waals surface area contributed by atoms with E-state index in [1.54, 1.807) is 51.1 Å². The van der Waals surface area contributed by atoms with Crippen LogP contribution in [-0.4, -0.2) is 75.3 Å². The van der Waals surface area contributed by atoms with E-state index in [-0.39, 0.29) is 34.0 Å². The van der Waals surface area contributed by atoms with Gasteiger partial charge in [-0.15, -0.1) is 0 Å². The lowest BCUT2D eigenvalue weighted by atomic mass is 9.88. The van der Waals surface area contributed by atoms with Crippen molar-refractivity contribution in [3.8, 4) is 0 Å². The van der Waals surface area contributed by atoms with E-state index in [9.17, 15) is 28.8 Å². The first-order valence-electron chi connectivity index (χ1n) is 18.2. The Balaban J connectivity index is 1.92. The zero-order valence-electron chi connectivity index (χ0n) is 33.7. The first-order valence-corrected chi connectivity index (χ1v) is 18.2. The van der Waals surface area contributed by atoms with E-state index in [1.165, 1.54) is 70.2 Å². The van der Waals surface area contributed by atoms with E-state index in [1.807, 2.05) is 6.07 Å². The molecule has 308 valence electrons. The number of carbonyl (C=O) groups is 7. The van der Waals surface area contributed by atoms with Gasteiger partial charge in [0.15, 0.2) is 11.7 Å². The molecule has 1 aliphatic heterocycles. The summed E-state index contributed by atoms with van der Waals surface area (Å²) in [7, 11) is 0. The number of nitrogens with two attached hydrogens (primary N) is 3. The fraction of sp³-hybridized carbons (Fsp3) is 0.366. The van der Waals surface area contributed by atoms with Crippen molar-refractivity contribution in [2.45, 2.75) is 96.9 Å². The van der Waals surface area contributed by atoms with Gasteiger partial charge >= 0.3 is 23.9 Å². The van der Waals surface area contributed by atoms with Crippen LogP contribution in [0.2, 0.25) is 0 Å². The van der Waals surface area contributed by atoms with Gasteiger partial charge in [-0.3, -0.25) is 24.1 Å². The third kappa shape index (κ3) is 9.49. The highest BCUT2D eigenvalue weighted by atomic mass is 16.6. The monoisotopic (exact) mass is 799 g/mol. The van der Waals surface area contributed by atoms with Crippen LogP contribution in [0.1, 0.15) is 83.3 Å². The van der Waals surface area contributed by atoms with Gasteiger partial charge in [0.05, 0.1) is 23.7 Å². The number of anilines is 1. The minimum absolute atomic E-state index is 0.0245. The second kappa shape index (κ2) is 16.9. The van der Waals surface area contributed by atoms with E-state index >= 15 is 4.79 Å². The van der Waals surface area contributed by atoms with Gasteiger partial charge in [-0.2, -0.15) is 0 Å². The Bertz CT molecular complexity index is 2130. The zero-order valence-corrected chi connectivity index (χ0v) is 33.7. The molecule has 0 saturated carbocycles. The lowest BCUT2D eigenvalue weighted by Gasteiger charge is -2.45. The molecule has 0 aliphatic carbocycles. The third-order valence-electron chi connectivity index (χ3n) is 8.61.